The molecular weight excluding hydrogens is 170 g/mol. The molecule has 1 saturated heterocycles. The van der Waals surface area contributed by atoms with Gasteiger partial charge in [0.25, 0.3) is 11.1 Å². The number of aliphatic carboxylic acids is 1. The van der Waals surface area contributed by atoms with Gasteiger partial charge in [-0.1, -0.05) is 0 Å². The third kappa shape index (κ3) is 1.64. The van der Waals surface area contributed by atoms with Crippen LogP contribution in [0.15, 0.2) is 0 Å². The topological polar surface area (TPSA) is 66.8 Å². The third-order valence-electron chi connectivity index (χ3n) is 1.13. The number of rotatable bonds is 2. The van der Waals surface area contributed by atoms with E-state index in [4.69, 9.17) is 5.11 Å². The molecule has 1 aliphatic heterocycles. The monoisotopic (exact) mass is 175 g/mol. The van der Waals surface area contributed by atoms with Crippen LogP contribution in [0.25, 0.3) is 0 Å². The molecular formula is C5H5NO4S. The van der Waals surface area contributed by atoms with Gasteiger partial charge in [-0.15, -0.1) is 0 Å². The zero-order valence-electron chi connectivity index (χ0n) is 5.44. The second kappa shape index (κ2) is 2.83. The number of carboxylic acid groups (broad SMARTS) is 1. The Morgan fingerprint density at radius 2 is 2.45 bits per heavy atom. The molecule has 0 aromatic heterocycles. The zero-order valence-corrected chi connectivity index (χ0v) is 6.26. The Labute approximate surface area is 67.5 Å². The van der Waals surface area contributed by atoms with Crippen molar-refractivity contribution in [2.24, 2.45) is 0 Å². The molecule has 1 N–H and O–H groups in total. The molecule has 0 aliphatic carbocycles. The Bertz CT molecular complexity index is 211. The average molecular weight is 175 g/mol. The van der Waals surface area contributed by atoms with Crippen LogP contribution in [0, 0.1) is 0 Å². The largest absolute Gasteiger partial charge is 0.480 e. The number of hydrogen-bond donors (Lipinski definition) is 1. The fourth-order valence-corrected chi connectivity index (χ4v) is 0.894. The van der Waals surface area contributed by atoms with Gasteiger partial charge in [-0.2, -0.15) is 0 Å². The van der Waals surface area contributed by atoms with Gasteiger partial charge in [0.2, 0.25) is 0 Å². The number of carbonyl (C=O) groups is 2. The minimum atomic E-state index is -1.11. The van der Waals surface area contributed by atoms with E-state index in [2.05, 4.69) is 17.0 Å². The maximum absolute atomic E-state index is 10.8. The molecule has 60 valence electrons. The lowest BCUT2D eigenvalue weighted by Gasteiger charge is -2.07. The van der Waals surface area contributed by atoms with Crippen molar-refractivity contribution in [2.75, 3.05) is 13.2 Å². The molecule has 1 heterocycles. The van der Waals surface area contributed by atoms with Crippen molar-refractivity contribution in [3.63, 3.8) is 0 Å². The fraction of sp³-hybridized carbons (Fsp3) is 0.400. The van der Waals surface area contributed by atoms with Gasteiger partial charge in [0, 0.05) is 0 Å². The van der Waals surface area contributed by atoms with Crippen LogP contribution in [-0.4, -0.2) is 40.2 Å². The molecule has 0 saturated carbocycles. The lowest BCUT2D eigenvalue weighted by molar-refractivity contribution is -0.140. The summed E-state index contributed by atoms with van der Waals surface area (Å²) in [4.78, 5) is 21.8. The molecule has 5 nitrogen and oxygen atoms in total. The Morgan fingerprint density at radius 1 is 1.82 bits per heavy atom. The first-order valence-electron chi connectivity index (χ1n) is 2.80. The number of thiocarbonyl (C=S) groups is 1. The van der Waals surface area contributed by atoms with E-state index in [1.54, 1.807) is 0 Å². The highest BCUT2D eigenvalue weighted by atomic mass is 32.1. The highest BCUT2D eigenvalue weighted by Gasteiger charge is 2.28. The fourth-order valence-electron chi connectivity index (χ4n) is 0.669. The molecule has 0 radical (unpaired) electrons. The van der Waals surface area contributed by atoms with Gasteiger partial charge >= 0.3 is 5.97 Å². The second-order valence-corrected chi connectivity index (χ2v) is 2.28. The number of nitrogens with zero attached hydrogens (tertiary/aromatic N) is 1. The van der Waals surface area contributed by atoms with E-state index in [0.29, 0.717) is 0 Å². The minimum absolute atomic E-state index is 0.0580. The minimum Gasteiger partial charge on any atom is -0.480 e. The SMILES string of the molecule is O=C(O)CN1C(=O)COC1=S. The van der Waals surface area contributed by atoms with Crippen LogP contribution in [0.1, 0.15) is 0 Å². The summed E-state index contributed by atoms with van der Waals surface area (Å²) in [5.74, 6) is -1.51. The summed E-state index contributed by atoms with van der Waals surface area (Å²) in [7, 11) is 0. The van der Waals surface area contributed by atoms with Crippen molar-refractivity contribution in [3.8, 4) is 0 Å². The van der Waals surface area contributed by atoms with Gasteiger partial charge in [0.15, 0.2) is 6.61 Å². The zero-order chi connectivity index (χ0) is 8.43. The van der Waals surface area contributed by atoms with Gasteiger partial charge in [-0.25, -0.2) is 0 Å². The molecule has 0 bridgehead atoms. The summed E-state index contributed by atoms with van der Waals surface area (Å²) >= 11 is 4.56. The molecule has 0 spiro atoms. The molecule has 1 aliphatic rings. The number of amides is 1. The van der Waals surface area contributed by atoms with Crippen LogP contribution in [0.3, 0.4) is 0 Å². The van der Waals surface area contributed by atoms with Crippen LogP contribution in [0.4, 0.5) is 0 Å². The van der Waals surface area contributed by atoms with Crippen molar-refractivity contribution < 1.29 is 19.4 Å². The second-order valence-electron chi connectivity index (χ2n) is 1.93. The first kappa shape index (κ1) is 7.93. The van der Waals surface area contributed by atoms with Gasteiger partial charge in [-0.3, -0.25) is 14.5 Å². The number of hydrogen-bond acceptors (Lipinski definition) is 4. The van der Waals surface area contributed by atoms with Gasteiger partial charge in [-0.05, 0) is 12.2 Å². The van der Waals surface area contributed by atoms with E-state index in [-0.39, 0.29) is 11.8 Å². The predicted octanol–water partition coefficient (Wildman–Crippen LogP) is -0.785. The van der Waals surface area contributed by atoms with Crippen LogP contribution >= 0.6 is 12.2 Å². The van der Waals surface area contributed by atoms with E-state index in [9.17, 15) is 9.59 Å². The molecule has 0 atom stereocenters. The van der Waals surface area contributed by atoms with Crippen LogP contribution in [0.2, 0.25) is 0 Å². The van der Waals surface area contributed by atoms with Gasteiger partial charge in [0.05, 0.1) is 0 Å². The van der Waals surface area contributed by atoms with Crippen molar-refractivity contribution in [1.29, 1.82) is 0 Å². The molecule has 6 heteroatoms. The smallest absolute Gasteiger partial charge is 0.323 e. The molecule has 0 aromatic rings. The molecule has 1 rings (SSSR count). The molecule has 1 amide bonds. The summed E-state index contributed by atoms with van der Waals surface area (Å²) in [6, 6.07) is 0. The Morgan fingerprint density at radius 3 is 2.82 bits per heavy atom. The van der Waals surface area contributed by atoms with E-state index >= 15 is 0 Å². The lowest BCUT2D eigenvalue weighted by Crippen LogP contribution is -2.33. The molecule has 11 heavy (non-hydrogen) atoms. The molecule has 1 fully saturated rings. The molecule has 0 aromatic carbocycles. The quantitative estimate of drug-likeness (QED) is 0.557. The van der Waals surface area contributed by atoms with Crippen LogP contribution < -0.4 is 0 Å². The van der Waals surface area contributed by atoms with Crippen LogP contribution in [0.5, 0.6) is 0 Å². The van der Waals surface area contributed by atoms with Gasteiger partial charge in [0.1, 0.15) is 6.54 Å². The summed E-state index contributed by atoms with van der Waals surface area (Å²) in [6.07, 6.45) is 0. The Hall–Kier alpha value is -1.17. The van der Waals surface area contributed by atoms with Crippen molar-refractivity contribution in [2.45, 2.75) is 0 Å². The summed E-state index contributed by atoms with van der Waals surface area (Å²) in [5.41, 5.74) is 0. The standard InChI is InChI=1S/C5H5NO4S/c7-3-2-10-5(11)6(3)1-4(8)9/h1-2H2,(H,8,9). The number of ether oxygens (including phenoxy) is 1. The maximum atomic E-state index is 10.8. The Kier molecular flexibility index (Phi) is 2.04. The first-order valence-corrected chi connectivity index (χ1v) is 3.21. The summed E-state index contributed by atoms with van der Waals surface area (Å²) in [5, 5.41) is 8.24. The predicted molar refractivity (Wildman–Crippen MR) is 37.9 cm³/mol. The molecule has 0 unspecified atom stereocenters. The first-order chi connectivity index (χ1) is 5.11. The van der Waals surface area contributed by atoms with Crippen molar-refractivity contribution >= 4 is 29.3 Å². The highest BCUT2D eigenvalue weighted by Crippen LogP contribution is 2.04. The number of carboxylic acids is 1. The maximum Gasteiger partial charge on any atom is 0.323 e. The highest BCUT2D eigenvalue weighted by molar-refractivity contribution is 7.80. The normalized spacial score (nSPS) is 16.9. The van der Waals surface area contributed by atoms with Crippen molar-refractivity contribution in [1.82, 2.24) is 4.90 Å². The summed E-state index contributed by atoms with van der Waals surface area (Å²) in [6.45, 7) is -0.566. The van der Waals surface area contributed by atoms with Gasteiger partial charge < -0.3 is 9.84 Å². The van der Waals surface area contributed by atoms with E-state index < -0.39 is 18.4 Å². The van der Waals surface area contributed by atoms with E-state index in [1.165, 1.54) is 0 Å². The lowest BCUT2D eigenvalue weighted by atomic mass is 10.5. The third-order valence-corrected chi connectivity index (χ3v) is 1.47. The van der Waals surface area contributed by atoms with Crippen LogP contribution in [-0.2, 0) is 14.3 Å². The van der Waals surface area contributed by atoms with Crippen molar-refractivity contribution in [3.05, 3.63) is 0 Å². The average Bonchev–Trinajstić information content (AvgIpc) is 2.18. The summed E-state index contributed by atoms with van der Waals surface area (Å²) < 4.78 is 4.62. The van der Waals surface area contributed by atoms with E-state index in [0.717, 1.165) is 4.90 Å². The number of carbonyl (C=O) groups excluding carboxylic acids is 1. The van der Waals surface area contributed by atoms with E-state index in [1.807, 2.05) is 0 Å². The Balaban J connectivity index is 2.62.